The highest BCUT2D eigenvalue weighted by Crippen LogP contribution is 2.28. The summed E-state index contributed by atoms with van der Waals surface area (Å²) in [6.45, 7) is 6.34. The lowest BCUT2D eigenvalue weighted by molar-refractivity contribution is -0.140. The van der Waals surface area contributed by atoms with Crippen molar-refractivity contribution in [3.8, 4) is 0 Å². The van der Waals surface area contributed by atoms with Crippen LogP contribution in [0.15, 0.2) is 71.6 Å². The summed E-state index contributed by atoms with van der Waals surface area (Å²) in [5, 5.41) is 3.41. The first kappa shape index (κ1) is 31.4. The van der Waals surface area contributed by atoms with Gasteiger partial charge >= 0.3 is 0 Å². The lowest BCUT2D eigenvalue weighted by Crippen LogP contribution is -2.53. The average Bonchev–Trinajstić information content (AvgIpc) is 2.89. The smallest absolute Gasteiger partial charge is 0.264 e. The number of halogens is 3. The highest BCUT2D eigenvalue weighted by molar-refractivity contribution is 7.92. The summed E-state index contributed by atoms with van der Waals surface area (Å²) in [4.78, 5) is 28.3. The van der Waals surface area contributed by atoms with Crippen molar-refractivity contribution in [1.82, 2.24) is 10.2 Å². The van der Waals surface area contributed by atoms with Gasteiger partial charge in [-0.3, -0.25) is 13.9 Å². The fraction of sp³-hybridized carbons (Fsp3) is 0.310. The van der Waals surface area contributed by atoms with Crippen LogP contribution < -0.4 is 9.62 Å². The van der Waals surface area contributed by atoms with E-state index >= 15 is 4.39 Å². The second kappa shape index (κ2) is 13.5. The fourth-order valence-corrected chi connectivity index (χ4v) is 5.88. The number of para-hydroxylation sites is 1. The van der Waals surface area contributed by atoms with Crippen molar-refractivity contribution in [3.05, 3.63) is 93.7 Å². The number of carbonyl (C=O) groups is 2. The van der Waals surface area contributed by atoms with Crippen molar-refractivity contribution in [3.63, 3.8) is 0 Å². The third-order valence-electron chi connectivity index (χ3n) is 6.16. The Balaban J connectivity index is 2.09. The lowest BCUT2D eigenvalue weighted by Gasteiger charge is -2.33. The van der Waals surface area contributed by atoms with Gasteiger partial charge in [0.1, 0.15) is 18.4 Å². The van der Waals surface area contributed by atoms with Gasteiger partial charge in [-0.25, -0.2) is 12.8 Å². The molecule has 40 heavy (non-hydrogen) atoms. The van der Waals surface area contributed by atoms with E-state index in [1.807, 2.05) is 6.92 Å². The predicted molar refractivity (Wildman–Crippen MR) is 156 cm³/mol. The second-order valence-electron chi connectivity index (χ2n) is 9.63. The van der Waals surface area contributed by atoms with Crippen LogP contribution >= 0.6 is 23.2 Å². The number of nitrogens with one attached hydrogen (secondary N) is 1. The van der Waals surface area contributed by atoms with Crippen molar-refractivity contribution < 1.29 is 22.4 Å². The molecular weight excluding hydrogens is 576 g/mol. The van der Waals surface area contributed by atoms with Crippen LogP contribution in [0.25, 0.3) is 0 Å². The van der Waals surface area contributed by atoms with Gasteiger partial charge in [0.15, 0.2) is 0 Å². The van der Waals surface area contributed by atoms with Gasteiger partial charge in [-0.05, 0) is 69.2 Å². The number of hydrogen-bond donors (Lipinski definition) is 1. The van der Waals surface area contributed by atoms with Crippen LogP contribution in [0, 0.1) is 12.7 Å². The third-order valence-corrected chi connectivity index (χ3v) is 8.68. The number of amides is 2. The topological polar surface area (TPSA) is 86.8 Å². The number of hydrogen-bond acceptors (Lipinski definition) is 4. The molecule has 3 aromatic carbocycles. The van der Waals surface area contributed by atoms with Crippen molar-refractivity contribution in [2.45, 2.75) is 57.6 Å². The van der Waals surface area contributed by atoms with Crippen LogP contribution in [0.3, 0.4) is 0 Å². The minimum absolute atomic E-state index is 0.0601. The van der Waals surface area contributed by atoms with E-state index in [2.05, 4.69) is 5.32 Å². The number of aryl methyl sites for hydroxylation is 1. The molecular formula is C29H32Cl2FN3O4S. The molecule has 3 aromatic rings. The number of anilines is 1. The molecule has 0 aliphatic heterocycles. The lowest BCUT2D eigenvalue weighted by atomic mass is 10.1. The molecule has 0 aliphatic carbocycles. The highest BCUT2D eigenvalue weighted by atomic mass is 35.5. The van der Waals surface area contributed by atoms with Crippen LogP contribution in [-0.4, -0.2) is 43.8 Å². The Morgan fingerprint density at radius 2 is 1.62 bits per heavy atom. The van der Waals surface area contributed by atoms with Crippen molar-refractivity contribution in [2.75, 3.05) is 10.8 Å². The molecule has 0 fully saturated rings. The Kier molecular flexibility index (Phi) is 10.6. The van der Waals surface area contributed by atoms with E-state index in [4.69, 9.17) is 23.2 Å². The molecule has 214 valence electrons. The zero-order valence-electron chi connectivity index (χ0n) is 22.7. The summed E-state index contributed by atoms with van der Waals surface area (Å²) in [5.41, 5.74) is 1.13. The Hall–Kier alpha value is -3.14. The quantitative estimate of drug-likeness (QED) is 0.291. The first-order valence-electron chi connectivity index (χ1n) is 12.7. The molecule has 0 heterocycles. The van der Waals surface area contributed by atoms with E-state index in [9.17, 15) is 18.0 Å². The Labute approximate surface area is 244 Å². The number of benzene rings is 3. The first-order valence-corrected chi connectivity index (χ1v) is 14.9. The summed E-state index contributed by atoms with van der Waals surface area (Å²) in [6, 6.07) is 15.1. The number of rotatable bonds is 11. The van der Waals surface area contributed by atoms with Crippen LogP contribution in [0.1, 0.15) is 38.3 Å². The second-order valence-corrected chi connectivity index (χ2v) is 12.3. The Morgan fingerprint density at radius 1 is 0.975 bits per heavy atom. The molecule has 0 aliphatic rings. The zero-order valence-corrected chi connectivity index (χ0v) is 25.0. The highest BCUT2D eigenvalue weighted by Gasteiger charge is 2.34. The standard InChI is InChI=1S/C29H32Cl2FN3O4S/c1-5-26(29(37)33-19(2)3)34(17-21-12-15-23(30)24(31)16-21)28(36)18-35(27-9-7-6-8-25(27)32)40(38,39)22-13-10-20(4)11-14-22/h6-16,19,26H,5,17-18H2,1-4H3,(H,33,37)/t26-/m0/s1. The Morgan fingerprint density at radius 3 is 2.20 bits per heavy atom. The molecule has 0 radical (unpaired) electrons. The number of nitrogens with zero attached hydrogens (tertiary/aromatic N) is 2. The number of carbonyl (C=O) groups excluding carboxylic acids is 2. The normalized spacial score (nSPS) is 12.2. The molecule has 0 bridgehead atoms. The maximum Gasteiger partial charge on any atom is 0.264 e. The van der Waals surface area contributed by atoms with E-state index in [1.165, 1.54) is 35.2 Å². The van der Waals surface area contributed by atoms with Crippen LogP contribution in [0.5, 0.6) is 0 Å². The van der Waals surface area contributed by atoms with Gasteiger partial charge in [0.25, 0.3) is 10.0 Å². The predicted octanol–water partition coefficient (Wildman–Crippen LogP) is 5.97. The maximum atomic E-state index is 15.0. The van der Waals surface area contributed by atoms with E-state index in [1.54, 1.807) is 51.1 Å². The summed E-state index contributed by atoms with van der Waals surface area (Å²) in [5.74, 6) is -1.91. The van der Waals surface area contributed by atoms with E-state index in [-0.39, 0.29) is 34.6 Å². The maximum absolute atomic E-state index is 15.0. The molecule has 3 rings (SSSR count). The molecule has 0 saturated heterocycles. The summed E-state index contributed by atoms with van der Waals surface area (Å²) in [7, 11) is -4.37. The van der Waals surface area contributed by atoms with Gasteiger partial charge in [0.05, 0.1) is 20.6 Å². The third kappa shape index (κ3) is 7.53. The molecule has 7 nitrogen and oxygen atoms in total. The largest absolute Gasteiger partial charge is 0.352 e. The monoisotopic (exact) mass is 607 g/mol. The minimum Gasteiger partial charge on any atom is -0.352 e. The van der Waals surface area contributed by atoms with Crippen molar-refractivity contribution in [2.24, 2.45) is 0 Å². The van der Waals surface area contributed by atoms with Gasteiger partial charge in [-0.1, -0.05) is 66.0 Å². The van der Waals surface area contributed by atoms with Crippen LogP contribution in [0.2, 0.25) is 10.0 Å². The molecule has 1 N–H and O–H groups in total. The van der Waals surface area contributed by atoms with E-state index in [0.29, 0.717) is 10.6 Å². The first-order chi connectivity index (χ1) is 18.8. The number of sulfonamides is 1. The van der Waals surface area contributed by atoms with Gasteiger partial charge in [-0.2, -0.15) is 0 Å². The zero-order chi connectivity index (χ0) is 29.6. The minimum atomic E-state index is -4.37. The van der Waals surface area contributed by atoms with Crippen LogP contribution in [0.4, 0.5) is 10.1 Å². The summed E-state index contributed by atoms with van der Waals surface area (Å²) >= 11 is 12.3. The fourth-order valence-electron chi connectivity index (χ4n) is 4.14. The summed E-state index contributed by atoms with van der Waals surface area (Å²) < 4.78 is 43.3. The van der Waals surface area contributed by atoms with Gasteiger partial charge in [0.2, 0.25) is 11.8 Å². The molecule has 0 unspecified atom stereocenters. The molecule has 2 amide bonds. The van der Waals surface area contributed by atoms with Gasteiger partial charge in [-0.15, -0.1) is 0 Å². The van der Waals surface area contributed by atoms with Crippen LogP contribution in [-0.2, 0) is 26.2 Å². The average molecular weight is 609 g/mol. The van der Waals surface area contributed by atoms with E-state index in [0.717, 1.165) is 15.9 Å². The summed E-state index contributed by atoms with van der Waals surface area (Å²) in [6.07, 6.45) is 0.246. The molecule has 11 heteroatoms. The Bertz CT molecular complexity index is 1470. The molecule has 0 spiro atoms. The van der Waals surface area contributed by atoms with Crippen molar-refractivity contribution in [1.29, 1.82) is 0 Å². The SMILES string of the molecule is CC[C@@H](C(=O)NC(C)C)N(Cc1ccc(Cl)c(Cl)c1)C(=O)CN(c1ccccc1F)S(=O)(=O)c1ccc(C)cc1. The van der Waals surface area contributed by atoms with Crippen molar-refractivity contribution >= 4 is 50.7 Å². The van der Waals surface area contributed by atoms with Gasteiger partial charge in [0, 0.05) is 12.6 Å². The molecule has 0 saturated carbocycles. The molecule has 0 aromatic heterocycles. The van der Waals surface area contributed by atoms with Gasteiger partial charge < -0.3 is 10.2 Å². The van der Waals surface area contributed by atoms with E-state index < -0.39 is 40.2 Å². The molecule has 1 atom stereocenters.